The summed E-state index contributed by atoms with van der Waals surface area (Å²) in [5.41, 5.74) is 1.79. The number of nitrogens with zero attached hydrogens (tertiary/aromatic N) is 2. The lowest BCUT2D eigenvalue weighted by Crippen LogP contribution is -2.42. The molecular formula is C25H34ClN3O4. The van der Waals surface area contributed by atoms with Gasteiger partial charge in [-0.3, -0.25) is 4.79 Å². The van der Waals surface area contributed by atoms with E-state index in [0.717, 1.165) is 30.9 Å². The Morgan fingerprint density at radius 3 is 2.55 bits per heavy atom. The van der Waals surface area contributed by atoms with Gasteiger partial charge in [0.1, 0.15) is 5.75 Å². The minimum absolute atomic E-state index is 0. The predicted molar refractivity (Wildman–Crippen MR) is 133 cm³/mol. The molecule has 0 spiro atoms. The van der Waals surface area contributed by atoms with Crippen LogP contribution in [0.1, 0.15) is 48.5 Å². The average Bonchev–Trinajstić information content (AvgIpc) is 3.11. The molecular weight excluding hydrogens is 442 g/mol. The van der Waals surface area contributed by atoms with Crippen molar-refractivity contribution >= 4 is 24.1 Å². The fourth-order valence-corrected chi connectivity index (χ4v) is 5.92. The Hall–Kier alpha value is -2.51. The molecule has 2 atom stereocenters. The zero-order valence-electron chi connectivity index (χ0n) is 19.6. The maximum absolute atomic E-state index is 12.3. The Bertz CT molecular complexity index is 1070. The first-order valence-corrected chi connectivity index (χ1v) is 11.5. The molecule has 2 heterocycles. The quantitative estimate of drug-likeness (QED) is 0.584. The predicted octanol–water partition coefficient (Wildman–Crippen LogP) is 3.99. The summed E-state index contributed by atoms with van der Waals surface area (Å²) in [6, 6.07) is 8.02. The molecule has 1 saturated heterocycles. The van der Waals surface area contributed by atoms with Gasteiger partial charge in [0.25, 0.3) is 5.56 Å². The molecule has 1 saturated carbocycles. The molecule has 0 amide bonds. The number of aromatic hydroxyl groups is 1. The topological polar surface area (TPSA) is 96.9 Å². The van der Waals surface area contributed by atoms with Crippen LogP contribution < -0.4 is 10.5 Å². The molecule has 3 N–H and O–H groups in total. The van der Waals surface area contributed by atoms with Gasteiger partial charge in [-0.1, -0.05) is 31.9 Å². The van der Waals surface area contributed by atoms with Gasteiger partial charge in [-0.2, -0.15) is 0 Å². The second-order valence-corrected chi connectivity index (χ2v) is 9.66. The van der Waals surface area contributed by atoms with Crippen LogP contribution in [-0.2, 0) is 6.42 Å². The third kappa shape index (κ3) is 4.62. The second-order valence-electron chi connectivity index (χ2n) is 9.66. The van der Waals surface area contributed by atoms with Crippen LogP contribution in [-0.4, -0.2) is 59.8 Å². The van der Waals surface area contributed by atoms with Crippen LogP contribution in [0.15, 0.2) is 29.1 Å². The van der Waals surface area contributed by atoms with Gasteiger partial charge in [0.2, 0.25) is 0 Å². The molecule has 180 valence electrons. The summed E-state index contributed by atoms with van der Waals surface area (Å²) in [5.74, 6) is -1.17. The summed E-state index contributed by atoms with van der Waals surface area (Å²) in [4.78, 5) is 31.1. The average molecular weight is 476 g/mol. The highest BCUT2D eigenvalue weighted by atomic mass is 35.5. The lowest BCUT2D eigenvalue weighted by molar-refractivity contribution is 0.0691. The Kier molecular flexibility index (Phi) is 7.44. The first-order valence-electron chi connectivity index (χ1n) is 11.5. The summed E-state index contributed by atoms with van der Waals surface area (Å²) in [7, 11) is 4.32. The van der Waals surface area contributed by atoms with Crippen molar-refractivity contribution in [3.8, 4) is 17.0 Å². The highest BCUT2D eigenvalue weighted by molar-refractivity contribution is 5.92. The smallest absolute Gasteiger partial charge is 0.345 e. The normalized spacial score (nSPS) is 22.2. The van der Waals surface area contributed by atoms with E-state index in [1.54, 1.807) is 0 Å². The molecule has 0 bridgehead atoms. The van der Waals surface area contributed by atoms with Crippen molar-refractivity contribution in [2.75, 3.05) is 38.6 Å². The highest BCUT2D eigenvalue weighted by Gasteiger charge is 2.47. The van der Waals surface area contributed by atoms with Gasteiger partial charge in [0, 0.05) is 36.3 Å². The molecule has 1 aromatic carbocycles. The zero-order valence-corrected chi connectivity index (χ0v) is 20.4. The van der Waals surface area contributed by atoms with E-state index in [-0.39, 0.29) is 12.4 Å². The molecule has 8 heteroatoms. The Morgan fingerprint density at radius 1 is 1.24 bits per heavy atom. The van der Waals surface area contributed by atoms with E-state index in [0.29, 0.717) is 29.0 Å². The van der Waals surface area contributed by atoms with Gasteiger partial charge in [0.05, 0.1) is 5.69 Å². The molecule has 33 heavy (non-hydrogen) atoms. The number of pyridine rings is 1. The Labute approximate surface area is 200 Å². The maximum atomic E-state index is 12.3. The molecule has 2 aromatic rings. The standard InChI is InChI=1S/C25H33N3O4.ClH/c1-4-19-21(26-23(30)20(22(19)29)24(31)32)16-8-10-18(11-9-16)28-13-17-7-5-6-12-25(17,15-28)14-27(2)3;/h8-11,17H,4-7,12-15H2,1-3H3,(H,31,32)(H2,26,29,30);1H/t17-,25+;/m1./s1. The molecule has 0 radical (unpaired) electrons. The van der Waals surface area contributed by atoms with E-state index in [1.165, 1.54) is 25.7 Å². The van der Waals surface area contributed by atoms with Crippen molar-refractivity contribution in [3.63, 3.8) is 0 Å². The number of H-pyrrole nitrogens is 1. The molecule has 4 rings (SSSR count). The van der Waals surface area contributed by atoms with Crippen molar-refractivity contribution in [3.05, 3.63) is 45.7 Å². The summed E-state index contributed by atoms with van der Waals surface area (Å²) in [5, 5.41) is 19.7. The van der Waals surface area contributed by atoms with Crippen molar-refractivity contribution in [1.29, 1.82) is 0 Å². The van der Waals surface area contributed by atoms with E-state index in [9.17, 15) is 19.8 Å². The molecule has 1 aliphatic carbocycles. The number of halogens is 1. The van der Waals surface area contributed by atoms with E-state index in [4.69, 9.17) is 0 Å². The maximum Gasteiger partial charge on any atom is 0.345 e. The number of carboxylic acid groups (broad SMARTS) is 1. The number of nitrogens with one attached hydrogen (secondary N) is 1. The van der Waals surface area contributed by atoms with E-state index >= 15 is 0 Å². The highest BCUT2D eigenvalue weighted by Crippen LogP contribution is 2.48. The number of hydrogen-bond acceptors (Lipinski definition) is 5. The zero-order chi connectivity index (χ0) is 23.0. The molecule has 2 fully saturated rings. The fraction of sp³-hybridized carbons (Fsp3) is 0.520. The molecule has 7 nitrogen and oxygen atoms in total. The number of aromatic carboxylic acids is 1. The van der Waals surface area contributed by atoms with Gasteiger partial charge < -0.3 is 25.0 Å². The number of carbonyl (C=O) groups is 1. The second kappa shape index (κ2) is 9.77. The van der Waals surface area contributed by atoms with Gasteiger partial charge >= 0.3 is 5.97 Å². The van der Waals surface area contributed by atoms with Crippen LogP contribution in [0.25, 0.3) is 11.3 Å². The summed E-state index contributed by atoms with van der Waals surface area (Å²) >= 11 is 0. The van der Waals surface area contributed by atoms with Gasteiger partial charge in [-0.25, -0.2) is 4.79 Å². The van der Waals surface area contributed by atoms with Crippen molar-refractivity contribution in [1.82, 2.24) is 9.88 Å². The Balaban J connectivity index is 0.00000306. The lowest BCUT2D eigenvalue weighted by atomic mass is 9.68. The molecule has 2 aliphatic rings. The number of aromatic nitrogens is 1. The van der Waals surface area contributed by atoms with Gasteiger partial charge in [-0.15, -0.1) is 12.4 Å². The number of carboxylic acids is 1. The summed E-state index contributed by atoms with van der Waals surface area (Å²) < 4.78 is 0. The lowest BCUT2D eigenvalue weighted by Gasteiger charge is -2.40. The monoisotopic (exact) mass is 475 g/mol. The van der Waals surface area contributed by atoms with E-state index in [2.05, 4.69) is 41.0 Å². The third-order valence-corrected chi connectivity index (χ3v) is 7.30. The van der Waals surface area contributed by atoms with Crippen LogP contribution in [0, 0.1) is 11.3 Å². The van der Waals surface area contributed by atoms with Crippen LogP contribution in [0.5, 0.6) is 5.75 Å². The first kappa shape index (κ1) is 25.1. The minimum Gasteiger partial charge on any atom is -0.506 e. The van der Waals surface area contributed by atoms with Gasteiger partial charge in [-0.05, 0) is 57.0 Å². The number of fused-ring (bicyclic) bond motifs is 1. The number of benzene rings is 1. The van der Waals surface area contributed by atoms with Crippen LogP contribution in [0.4, 0.5) is 5.69 Å². The minimum atomic E-state index is -1.43. The van der Waals surface area contributed by atoms with Crippen molar-refractivity contribution in [2.45, 2.75) is 39.0 Å². The first-order chi connectivity index (χ1) is 15.3. The SMILES string of the molecule is CCc1c(-c2ccc(N3C[C@H]4CCCC[C@]4(CN(C)C)C3)cc2)[nH]c(=O)c(C(=O)O)c1O.Cl. The summed E-state index contributed by atoms with van der Waals surface area (Å²) in [6.07, 6.45) is 5.59. The number of hydrogen-bond donors (Lipinski definition) is 3. The molecule has 0 unspecified atom stereocenters. The molecule has 1 aliphatic heterocycles. The van der Waals surface area contributed by atoms with Crippen LogP contribution >= 0.6 is 12.4 Å². The summed E-state index contributed by atoms with van der Waals surface area (Å²) in [6.45, 7) is 5.06. The van der Waals surface area contributed by atoms with Crippen LogP contribution in [0.3, 0.4) is 0 Å². The van der Waals surface area contributed by atoms with Crippen molar-refractivity contribution < 1.29 is 15.0 Å². The largest absolute Gasteiger partial charge is 0.506 e. The van der Waals surface area contributed by atoms with E-state index in [1.807, 2.05) is 19.1 Å². The van der Waals surface area contributed by atoms with Crippen LogP contribution in [0.2, 0.25) is 0 Å². The number of anilines is 1. The number of aromatic amines is 1. The van der Waals surface area contributed by atoms with Gasteiger partial charge in [0.15, 0.2) is 5.56 Å². The fourth-order valence-electron chi connectivity index (χ4n) is 5.92. The third-order valence-electron chi connectivity index (χ3n) is 7.30. The number of rotatable bonds is 6. The van der Waals surface area contributed by atoms with E-state index < -0.39 is 22.8 Å². The molecule has 1 aromatic heterocycles. The van der Waals surface area contributed by atoms with Crippen molar-refractivity contribution in [2.24, 2.45) is 11.3 Å². The Morgan fingerprint density at radius 2 is 1.94 bits per heavy atom.